The summed E-state index contributed by atoms with van der Waals surface area (Å²) < 4.78 is 27.0. The minimum Gasteiger partial charge on any atom is -0.494 e. The third-order valence-electron chi connectivity index (χ3n) is 8.44. The Balaban J connectivity index is 0.000000126. The van der Waals surface area contributed by atoms with E-state index in [1.54, 1.807) is 46.0 Å². The molecule has 0 spiro atoms. The number of halogens is 3. The number of aromatic amines is 3. The summed E-state index contributed by atoms with van der Waals surface area (Å²) >= 11 is 18.3. The Kier molecular flexibility index (Phi) is 10.6. The van der Waals surface area contributed by atoms with E-state index in [2.05, 4.69) is 45.5 Å². The summed E-state index contributed by atoms with van der Waals surface area (Å²) in [4.78, 5) is 13.0. The highest BCUT2D eigenvalue weighted by Gasteiger charge is 2.15. The molecule has 54 heavy (non-hydrogen) atoms. The van der Waals surface area contributed by atoms with Crippen molar-refractivity contribution in [3.05, 3.63) is 76.5 Å². The number of rotatable bonds is 7. The van der Waals surface area contributed by atoms with E-state index < -0.39 is 0 Å². The number of ether oxygens (including phenoxy) is 5. The maximum Gasteiger partial charge on any atom is 0.163 e. The van der Waals surface area contributed by atoms with Gasteiger partial charge in [0, 0.05) is 44.5 Å². The van der Waals surface area contributed by atoms with Crippen LogP contribution in [0.2, 0.25) is 15.5 Å². The van der Waals surface area contributed by atoms with Gasteiger partial charge in [-0.25, -0.2) is 15.0 Å². The summed E-state index contributed by atoms with van der Waals surface area (Å²) in [5.41, 5.74) is 4.45. The Bertz CT molecular complexity index is 2790. The van der Waals surface area contributed by atoms with Crippen molar-refractivity contribution in [1.29, 1.82) is 0 Å². The first-order chi connectivity index (χ1) is 26.3. The zero-order chi connectivity index (χ0) is 37.9. The summed E-state index contributed by atoms with van der Waals surface area (Å²) in [5.74, 6) is 3.36. The Morgan fingerprint density at radius 1 is 0.500 bits per heavy atom. The van der Waals surface area contributed by atoms with Crippen molar-refractivity contribution in [3.63, 3.8) is 0 Å². The molecule has 3 aromatic carbocycles. The van der Waals surface area contributed by atoms with E-state index in [1.807, 2.05) is 50.2 Å². The van der Waals surface area contributed by atoms with Gasteiger partial charge in [0.15, 0.2) is 38.5 Å². The smallest absolute Gasteiger partial charge is 0.163 e. The predicted molar refractivity (Wildman–Crippen MR) is 211 cm³/mol. The van der Waals surface area contributed by atoms with Gasteiger partial charge < -0.3 is 23.7 Å². The van der Waals surface area contributed by atoms with Crippen molar-refractivity contribution in [3.8, 4) is 28.7 Å². The summed E-state index contributed by atoms with van der Waals surface area (Å²) in [6.07, 6.45) is 5.20. The van der Waals surface area contributed by atoms with Gasteiger partial charge in [-0.3, -0.25) is 15.3 Å². The molecule has 0 unspecified atom stereocenters. The molecular formula is C37H32Cl3N9O5. The molecule has 0 atom stereocenters. The van der Waals surface area contributed by atoms with Gasteiger partial charge in [-0.2, -0.15) is 15.3 Å². The molecule has 0 amide bonds. The number of aromatic nitrogens is 9. The molecule has 6 heterocycles. The van der Waals surface area contributed by atoms with Crippen molar-refractivity contribution in [1.82, 2.24) is 45.5 Å². The molecule has 276 valence electrons. The zero-order valence-corrected chi connectivity index (χ0v) is 31.8. The summed E-state index contributed by atoms with van der Waals surface area (Å²) in [6.45, 7) is 5.00. The first-order valence-electron chi connectivity index (χ1n) is 16.5. The van der Waals surface area contributed by atoms with Crippen LogP contribution in [0.5, 0.6) is 28.7 Å². The van der Waals surface area contributed by atoms with Crippen molar-refractivity contribution in [2.24, 2.45) is 0 Å². The highest BCUT2D eigenvalue weighted by atomic mass is 35.5. The van der Waals surface area contributed by atoms with Crippen molar-refractivity contribution in [2.75, 3.05) is 34.5 Å². The Morgan fingerprint density at radius 2 is 0.926 bits per heavy atom. The molecule has 0 fully saturated rings. The van der Waals surface area contributed by atoms with Gasteiger partial charge >= 0.3 is 0 Å². The van der Waals surface area contributed by atoms with Gasteiger partial charge in [0.1, 0.15) is 27.8 Å². The topological polar surface area (TPSA) is 171 Å². The van der Waals surface area contributed by atoms with Gasteiger partial charge in [-0.1, -0.05) is 46.9 Å². The standard InChI is InChI=1S/C14H14ClN3O2.C12H10ClN3O2.C11H8ClN3O/c1-3-19-11-5-8-9-7-16-18-13(9)14(15)17-10(8)6-12(11)20-4-2;1-17-9-3-6-7-5-14-16-11(7)12(13)15-8(6)4-10(9)18-2;1-16-8-4-2-3-6-7-5-13-15-10(7)11(12)14-9(6)8/h5-7H,3-4H2,1-2H3,(H,16,18);3-5H,1-2H3,(H,14,16);2-5H,1H3,(H,13,15). The third-order valence-corrected chi connectivity index (χ3v) is 9.26. The first kappa shape index (κ1) is 36.5. The van der Waals surface area contributed by atoms with Crippen molar-refractivity contribution >= 4 is 100 Å². The van der Waals surface area contributed by atoms with E-state index >= 15 is 0 Å². The van der Waals surface area contributed by atoms with Gasteiger partial charge in [0.2, 0.25) is 0 Å². The fourth-order valence-electron chi connectivity index (χ4n) is 6.01. The summed E-state index contributed by atoms with van der Waals surface area (Å²) in [6, 6.07) is 13.2. The molecule has 0 radical (unpaired) electrons. The number of methoxy groups -OCH3 is 3. The van der Waals surface area contributed by atoms with E-state index in [1.165, 1.54) is 0 Å². The molecule has 0 aliphatic heterocycles. The minimum atomic E-state index is 0.391. The van der Waals surface area contributed by atoms with Crippen LogP contribution in [0, 0.1) is 0 Å². The third kappa shape index (κ3) is 6.75. The van der Waals surface area contributed by atoms with Gasteiger partial charge in [-0.05, 0) is 32.0 Å². The quantitative estimate of drug-likeness (QED) is 0.132. The molecule has 17 heteroatoms. The lowest BCUT2D eigenvalue weighted by molar-refractivity contribution is 0.288. The first-order valence-corrected chi connectivity index (χ1v) is 17.6. The molecular weight excluding hydrogens is 757 g/mol. The van der Waals surface area contributed by atoms with Gasteiger partial charge in [0.05, 0.1) is 64.2 Å². The SMILES string of the molecule is CCOc1cc2nc(Cl)c3[nH]ncc3c2cc1OCC.COc1cc2nc(Cl)c3[nH]ncc3c2cc1OC.COc1cccc2c1nc(Cl)c1[nH]ncc12. The van der Waals surface area contributed by atoms with Crippen LogP contribution >= 0.6 is 34.8 Å². The van der Waals surface area contributed by atoms with Gasteiger partial charge in [-0.15, -0.1) is 0 Å². The fraction of sp³-hybridized carbons (Fsp3) is 0.189. The number of pyridine rings is 3. The second kappa shape index (κ2) is 15.6. The van der Waals surface area contributed by atoms with E-state index in [4.69, 9.17) is 58.5 Å². The summed E-state index contributed by atoms with van der Waals surface area (Å²) in [5, 5.41) is 27.3. The second-order valence-electron chi connectivity index (χ2n) is 11.4. The number of benzene rings is 3. The van der Waals surface area contributed by atoms with Crippen LogP contribution in [-0.2, 0) is 0 Å². The van der Waals surface area contributed by atoms with E-state index in [0.717, 1.165) is 65.4 Å². The zero-order valence-electron chi connectivity index (χ0n) is 29.5. The Labute approximate surface area is 322 Å². The molecule has 9 rings (SSSR count). The fourth-order valence-corrected chi connectivity index (χ4v) is 6.71. The largest absolute Gasteiger partial charge is 0.494 e. The molecule has 0 saturated carbocycles. The molecule has 0 aliphatic carbocycles. The monoisotopic (exact) mass is 787 g/mol. The molecule has 0 bridgehead atoms. The normalized spacial score (nSPS) is 11.1. The second-order valence-corrected chi connectivity index (χ2v) is 12.5. The molecule has 0 saturated heterocycles. The van der Waals surface area contributed by atoms with Crippen LogP contribution in [0.15, 0.2) is 61.1 Å². The molecule has 6 aromatic heterocycles. The van der Waals surface area contributed by atoms with Crippen LogP contribution in [0.25, 0.3) is 65.4 Å². The molecule has 9 aromatic rings. The lowest BCUT2D eigenvalue weighted by Gasteiger charge is -2.12. The van der Waals surface area contributed by atoms with Crippen LogP contribution in [0.4, 0.5) is 0 Å². The number of hydrogen-bond acceptors (Lipinski definition) is 11. The average molecular weight is 789 g/mol. The summed E-state index contributed by atoms with van der Waals surface area (Å²) in [7, 11) is 4.80. The van der Waals surface area contributed by atoms with Crippen LogP contribution in [0.3, 0.4) is 0 Å². The van der Waals surface area contributed by atoms with Gasteiger partial charge in [0.25, 0.3) is 0 Å². The molecule has 0 aliphatic rings. The highest BCUT2D eigenvalue weighted by molar-refractivity contribution is 6.36. The van der Waals surface area contributed by atoms with Crippen molar-refractivity contribution in [2.45, 2.75) is 13.8 Å². The van der Waals surface area contributed by atoms with Crippen molar-refractivity contribution < 1.29 is 23.7 Å². The van der Waals surface area contributed by atoms with E-state index in [9.17, 15) is 0 Å². The van der Waals surface area contributed by atoms with Crippen LogP contribution < -0.4 is 23.7 Å². The Morgan fingerprint density at radius 3 is 1.43 bits per heavy atom. The Hall–Kier alpha value is -5.83. The van der Waals surface area contributed by atoms with E-state index in [-0.39, 0.29) is 0 Å². The number of H-pyrrole nitrogens is 3. The molecule has 14 nitrogen and oxygen atoms in total. The maximum absolute atomic E-state index is 6.15. The number of fused-ring (bicyclic) bond motifs is 9. The predicted octanol–water partition coefficient (Wildman–Crippen LogP) is 9.12. The molecule has 3 N–H and O–H groups in total. The maximum atomic E-state index is 6.15. The number of nitrogens with zero attached hydrogens (tertiary/aromatic N) is 6. The lowest BCUT2D eigenvalue weighted by Crippen LogP contribution is -1.99. The number of nitrogens with one attached hydrogen (secondary N) is 3. The van der Waals surface area contributed by atoms with E-state index in [0.29, 0.717) is 57.4 Å². The lowest BCUT2D eigenvalue weighted by atomic mass is 10.1. The average Bonchev–Trinajstić information content (AvgIpc) is 3.98. The number of hydrogen-bond donors (Lipinski definition) is 3. The highest BCUT2D eigenvalue weighted by Crippen LogP contribution is 2.38. The van der Waals surface area contributed by atoms with Crippen LogP contribution in [0.1, 0.15) is 13.8 Å². The minimum absolute atomic E-state index is 0.391. The number of para-hydroxylation sites is 1. The van der Waals surface area contributed by atoms with Crippen LogP contribution in [-0.4, -0.2) is 80.1 Å².